The molecule has 2 aromatic rings. The van der Waals surface area contributed by atoms with Crippen molar-refractivity contribution in [2.45, 2.75) is 18.8 Å². The Bertz CT molecular complexity index is 710. The molecule has 0 aliphatic heterocycles. The summed E-state index contributed by atoms with van der Waals surface area (Å²) in [4.78, 5) is 12.2. The molecule has 1 unspecified atom stereocenters. The van der Waals surface area contributed by atoms with Gasteiger partial charge >= 0.3 is 5.97 Å². The molecule has 0 aromatic heterocycles. The van der Waals surface area contributed by atoms with Crippen LogP contribution in [0.25, 0.3) is 0 Å². The van der Waals surface area contributed by atoms with E-state index in [1.54, 1.807) is 0 Å². The second-order valence-electron chi connectivity index (χ2n) is 5.12. The van der Waals surface area contributed by atoms with Crippen molar-refractivity contribution >= 4 is 5.97 Å². The van der Waals surface area contributed by atoms with Crippen LogP contribution in [0.1, 0.15) is 28.2 Å². The molecule has 2 nitrogen and oxygen atoms in total. The number of rotatable bonds is 1. The number of aryl methyl sites for hydroxylation is 2. The summed E-state index contributed by atoms with van der Waals surface area (Å²) in [6, 6.07) is 9.81. The van der Waals surface area contributed by atoms with Gasteiger partial charge in [-0.05, 0) is 47.2 Å². The molecule has 0 saturated heterocycles. The van der Waals surface area contributed by atoms with Gasteiger partial charge in [0.25, 0.3) is 0 Å². The third-order valence-corrected chi connectivity index (χ3v) is 3.96. The number of ether oxygens (including phenoxy) is 1. The molecule has 0 N–H and O–H groups in total. The highest BCUT2D eigenvalue weighted by Crippen LogP contribution is 2.36. The smallest absolute Gasteiger partial charge is 0.317 e. The summed E-state index contributed by atoms with van der Waals surface area (Å²) in [6.45, 7) is 0. The maximum atomic E-state index is 13.6. The van der Waals surface area contributed by atoms with Gasteiger partial charge in [-0.1, -0.05) is 24.3 Å². The minimum absolute atomic E-state index is 0.461. The first-order valence-electron chi connectivity index (χ1n) is 6.75. The molecule has 21 heavy (non-hydrogen) atoms. The van der Waals surface area contributed by atoms with Crippen molar-refractivity contribution in [3.63, 3.8) is 0 Å². The SMILES string of the molecule is COC(=O)C1c2ccccc2CCc2cc(F)c(F)cc21. The van der Waals surface area contributed by atoms with E-state index in [-0.39, 0.29) is 0 Å². The van der Waals surface area contributed by atoms with E-state index in [1.807, 2.05) is 24.3 Å². The fourth-order valence-corrected chi connectivity index (χ4v) is 2.94. The van der Waals surface area contributed by atoms with Crippen molar-refractivity contribution in [3.8, 4) is 0 Å². The molecule has 0 radical (unpaired) electrons. The lowest BCUT2D eigenvalue weighted by atomic mass is 9.88. The van der Waals surface area contributed by atoms with E-state index in [9.17, 15) is 13.6 Å². The van der Waals surface area contributed by atoms with Crippen LogP contribution in [-0.4, -0.2) is 13.1 Å². The summed E-state index contributed by atoms with van der Waals surface area (Å²) in [5.41, 5.74) is 2.95. The summed E-state index contributed by atoms with van der Waals surface area (Å²) >= 11 is 0. The van der Waals surface area contributed by atoms with Gasteiger partial charge in [0.1, 0.15) is 5.92 Å². The van der Waals surface area contributed by atoms with Gasteiger partial charge in [-0.3, -0.25) is 4.79 Å². The number of carbonyl (C=O) groups excluding carboxylic acids is 1. The molecule has 0 amide bonds. The molecular formula is C17H14F2O2. The largest absolute Gasteiger partial charge is 0.468 e. The van der Waals surface area contributed by atoms with Crippen molar-refractivity contribution in [1.82, 2.24) is 0 Å². The molecule has 3 rings (SSSR count). The van der Waals surface area contributed by atoms with E-state index in [1.165, 1.54) is 13.2 Å². The van der Waals surface area contributed by atoms with Crippen LogP contribution < -0.4 is 0 Å². The van der Waals surface area contributed by atoms with Crippen molar-refractivity contribution in [2.75, 3.05) is 7.11 Å². The molecule has 0 fully saturated rings. The summed E-state index contributed by atoms with van der Waals surface area (Å²) in [5.74, 6) is -3.00. The quantitative estimate of drug-likeness (QED) is 0.752. The molecular weight excluding hydrogens is 274 g/mol. The van der Waals surface area contributed by atoms with Crippen LogP contribution in [0.5, 0.6) is 0 Å². The number of fused-ring (bicyclic) bond motifs is 2. The highest BCUT2D eigenvalue weighted by molar-refractivity contribution is 5.83. The van der Waals surface area contributed by atoms with E-state index < -0.39 is 23.5 Å². The van der Waals surface area contributed by atoms with E-state index >= 15 is 0 Å². The fourth-order valence-electron chi connectivity index (χ4n) is 2.94. The Morgan fingerprint density at radius 2 is 1.71 bits per heavy atom. The molecule has 4 heteroatoms. The maximum absolute atomic E-state index is 13.6. The zero-order valence-electron chi connectivity index (χ0n) is 11.5. The molecule has 1 aliphatic rings. The summed E-state index contributed by atoms with van der Waals surface area (Å²) < 4.78 is 32.0. The zero-order valence-corrected chi connectivity index (χ0v) is 11.5. The van der Waals surface area contributed by atoms with E-state index in [0.717, 1.165) is 17.2 Å². The molecule has 1 atom stereocenters. The third kappa shape index (κ3) is 2.31. The van der Waals surface area contributed by atoms with E-state index in [0.29, 0.717) is 24.0 Å². The van der Waals surface area contributed by atoms with Gasteiger partial charge in [-0.25, -0.2) is 8.78 Å². The number of benzene rings is 2. The van der Waals surface area contributed by atoms with Crippen molar-refractivity contribution in [2.24, 2.45) is 0 Å². The average Bonchev–Trinajstić information content (AvgIpc) is 2.64. The molecule has 108 valence electrons. The number of esters is 1. The Morgan fingerprint density at radius 1 is 1.05 bits per heavy atom. The van der Waals surface area contributed by atoms with Crippen molar-refractivity contribution in [1.29, 1.82) is 0 Å². The Kier molecular flexibility index (Phi) is 3.45. The lowest BCUT2D eigenvalue weighted by Crippen LogP contribution is -2.17. The molecule has 0 spiro atoms. The van der Waals surface area contributed by atoms with Crippen LogP contribution in [0.15, 0.2) is 36.4 Å². The molecule has 0 heterocycles. The number of hydrogen-bond acceptors (Lipinski definition) is 2. The first-order chi connectivity index (χ1) is 10.1. The summed E-state index contributed by atoms with van der Waals surface area (Å²) in [5, 5.41) is 0. The lowest BCUT2D eigenvalue weighted by molar-refractivity contribution is -0.141. The average molecular weight is 288 g/mol. The third-order valence-electron chi connectivity index (χ3n) is 3.96. The van der Waals surface area contributed by atoms with Gasteiger partial charge in [0.15, 0.2) is 11.6 Å². The maximum Gasteiger partial charge on any atom is 0.317 e. The van der Waals surface area contributed by atoms with Gasteiger partial charge in [0, 0.05) is 0 Å². The Morgan fingerprint density at radius 3 is 2.48 bits per heavy atom. The topological polar surface area (TPSA) is 26.3 Å². The molecule has 1 aliphatic carbocycles. The van der Waals surface area contributed by atoms with Gasteiger partial charge < -0.3 is 4.74 Å². The second kappa shape index (κ2) is 5.28. The van der Waals surface area contributed by atoms with Crippen molar-refractivity contribution < 1.29 is 18.3 Å². The minimum atomic E-state index is -0.943. The van der Waals surface area contributed by atoms with Crippen LogP contribution >= 0.6 is 0 Å². The van der Waals surface area contributed by atoms with Gasteiger partial charge in [0.2, 0.25) is 0 Å². The monoisotopic (exact) mass is 288 g/mol. The highest BCUT2D eigenvalue weighted by atomic mass is 19.2. The number of carbonyl (C=O) groups is 1. The molecule has 2 aromatic carbocycles. The van der Waals surface area contributed by atoms with Crippen LogP contribution in [0.3, 0.4) is 0 Å². The van der Waals surface area contributed by atoms with Gasteiger partial charge in [-0.2, -0.15) is 0 Å². The summed E-state index contributed by atoms with van der Waals surface area (Å²) in [7, 11) is 1.30. The Labute approximate surface area is 121 Å². The standard InChI is InChI=1S/C17H14F2O2/c1-21-17(20)16-12-5-3-2-4-10(12)6-7-11-8-14(18)15(19)9-13(11)16/h2-5,8-9,16H,6-7H2,1H3. The first-order valence-corrected chi connectivity index (χ1v) is 6.75. The van der Waals surface area contributed by atoms with Crippen LogP contribution in [0.4, 0.5) is 8.78 Å². The van der Waals surface area contributed by atoms with E-state index in [4.69, 9.17) is 4.74 Å². The van der Waals surface area contributed by atoms with Crippen molar-refractivity contribution in [3.05, 3.63) is 70.3 Å². The normalized spacial score (nSPS) is 16.6. The highest BCUT2D eigenvalue weighted by Gasteiger charge is 2.31. The van der Waals surface area contributed by atoms with Gasteiger partial charge in [0.05, 0.1) is 7.11 Å². The van der Waals surface area contributed by atoms with Crippen LogP contribution in [0.2, 0.25) is 0 Å². The lowest BCUT2D eigenvalue weighted by Gasteiger charge is -2.18. The second-order valence-corrected chi connectivity index (χ2v) is 5.12. The molecule has 0 saturated carbocycles. The van der Waals surface area contributed by atoms with E-state index in [2.05, 4.69) is 0 Å². The van der Waals surface area contributed by atoms with Crippen LogP contribution in [0, 0.1) is 11.6 Å². The molecule has 0 bridgehead atoms. The fraction of sp³-hybridized carbons (Fsp3) is 0.235. The number of hydrogen-bond donors (Lipinski definition) is 0. The Hall–Kier alpha value is -2.23. The predicted octanol–water partition coefficient (Wildman–Crippen LogP) is 3.37. The van der Waals surface area contributed by atoms with Crippen LogP contribution in [-0.2, 0) is 22.4 Å². The predicted molar refractivity (Wildman–Crippen MR) is 74.1 cm³/mol. The minimum Gasteiger partial charge on any atom is -0.468 e. The number of halogens is 2. The summed E-state index contributed by atoms with van der Waals surface area (Å²) in [6.07, 6.45) is 1.25. The zero-order chi connectivity index (χ0) is 15.0. The van der Waals surface area contributed by atoms with Gasteiger partial charge in [-0.15, -0.1) is 0 Å². The Balaban J connectivity index is 2.25. The number of methoxy groups -OCH3 is 1. The first kappa shape index (κ1) is 13.7.